The number of rotatable bonds is 6. The zero-order valence-corrected chi connectivity index (χ0v) is 15.9. The SMILES string of the molecule is CN=C(NCCOc1cccc(Cl)c1)NCc1ncc(C(C)(C)C)o1. The standard InChI is InChI=1S/C18H25ClN4O2/c1-18(2,3)15-11-22-16(25-15)12-23-17(20-4)21-8-9-24-14-7-5-6-13(19)10-14/h5-7,10-11H,8-9,12H2,1-4H3,(H2,20,21,23). The van der Waals surface area contributed by atoms with Gasteiger partial charge in [-0.2, -0.15) is 0 Å². The van der Waals surface area contributed by atoms with Gasteiger partial charge in [0, 0.05) is 17.5 Å². The van der Waals surface area contributed by atoms with Crippen molar-refractivity contribution in [2.75, 3.05) is 20.2 Å². The second kappa shape index (κ2) is 8.76. The summed E-state index contributed by atoms with van der Waals surface area (Å²) in [4.78, 5) is 8.45. The van der Waals surface area contributed by atoms with Crippen molar-refractivity contribution >= 4 is 17.6 Å². The van der Waals surface area contributed by atoms with Crippen LogP contribution in [0.25, 0.3) is 0 Å². The molecule has 0 bridgehead atoms. The molecule has 2 aromatic rings. The summed E-state index contributed by atoms with van der Waals surface area (Å²) in [6.07, 6.45) is 1.77. The Bertz CT molecular complexity index is 707. The third-order valence-corrected chi connectivity index (χ3v) is 3.62. The number of hydrogen-bond donors (Lipinski definition) is 2. The summed E-state index contributed by atoms with van der Waals surface area (Å²) >= 11 is 5.92. The summed E-state index contributed by atoms with van der Waals surface area (Å²) in [7, 11) is 1.71. The third-order valence-electron chi connectivity index (χ3n) is 3.38. The van der Waals surface area contributed by atoms with Gasteiger partial charge in [-0.1, -0.05) is 38.4 Å². The second-order valence-electron chi connectivity index (χ2n) is 6.53. The van der Waals surface area contributed by atoms with Gasteiger partial charge in [0.25, 0.3) is 0 Å². The van der Waals surface area contributed by atoms with Crippen LogP contribution in [0.5, 0.6) is 5.75 Å². The van der Waals surface area contributed by atoms with Gasteiger partial charge in [0.05, 0.1) is 19.3 Å². The molecule has 0 saturated carbocycles. The molecule has 0 atom stereocenters. The molecular formula is C18H25ClN4O2. The van der Waals surface area contributed by atoms with Crippen molar-refractivity contribution in [2.24, 2.45) is 4.99 Å². The van der Waals surface area contributed by atoms with Crippen molar-refractivity contribution in [1.82, 2.24) is 15.6 Å². The second-order valence-corrected chi connectivity index (χ2v) is 6.96. The van der Waals surface area contributed by atoms with E-state index in [1.54, 1.807) is 19.3 Å². The van der Waals surface area contributed by atoms with E-state index in [0.29, 0.717) is 36.6 Å². The van der Waals surface area contributed by atoms with Gasteiger partial charge in [0.1, 0.15) is 18.1 Å². The van der Waals surface area contributed by atoms with E-state index in [1.165, 1.54) is 0 Å². The smallest absolute Gasteiger partial charge is 0.213 e. The molecule has 2 rings (SSSR count). The fourth-order valence-electron chi connectivity index (χ4n) is 2.01. The average molecular weight is 365 g/mol. The van der Waals surface area contributed by atoms with E-state index >= 15 is 0 Å². The van der Waals surface area contributed by atoms with Gasteiger partial charge >= 0.3 is 0 Å². The minimum absolute atomic E-state index is 0.0527. The molecule has 0 fully saturated rings. The summed E-state index contributed by atoms with van der Waals surface area (Å²) in [5, 5.41) is 6.99. The summed E-state index contributed by atoms with van der Waals surface area (Å²) in [6, 6.07) is 7.32. The van der Waals surface area contributed by atoms with Crippen LogP contribution in [0.3, 0.4) is 0 Å². The molecule has 0 radical (unpaired) electrons. The lowest BCUT2D eigenvalue weighted by molar-refractivity contribution is 0.321. The van der Waals surface area contributed by atoms with Crippen LogP contribution in [-0.2, 0) is 12.0 Å². The van der Waals surface area contributed by atoms with Crippen molar-refractivity contribution in [3.05, 3.63) is 47.1 Å². The lowest BCUT2D eigenvalue weighted by atomic mass is 9.94. The quantitative estimate of drug-likeness (QED) is 0.467. The first-order valence-corrected chi connectivity index (χ1v) is 8.54. The molecule has 2 N–H and O–H groups in total. The van der Waals surface area contributed by atoms with Crippen LogP contribution in [0.15, 0.2) is 39.9 Å². The topological polar surface area (TPSA) is 71.7 Å². The normalized spacial score (nSPS) is 12.1. The molecule has 0 saturated heterocycles. The van der Waals surface area contributed by atoms with Gasteiger partial charge < -0.3 is 19.8 Å². The average Bonchev–Trinajstić information content (AvgIpc) is 3.03. The van der Waals surface area contributed by atoms with Crippen LogP contribution in [0.1, 0.15) is 32.4 Å². The summed E-state index contributed by atoms with van der Waals surface area (Å²) in [5.41, 5.74) is -0.0527. The van der Waals surface area contributed by atoms with Gasteiger partial charge in [-0.05, 0) is 18.2 Å². The Balaban J connectivity index is 1.73. The van der Waals surface area contributed by atoms with Crippen LogP contribution in [-0.4, -0.2) is 31.1 Å². The minimum atomic E-state index is -0.0527. The first-order valence-electron chi connectivity index (χ1n) is 8.16. The van der Waals surface area contributed by atoms with Crippen molar-refractivity contribution in [2.45, 2.75) is 32.7 Å². The molecule has 0 aliphatic heterocycles. The molecular weight excluding hydrogens is 340 g/mol. The zero-order valence-electron chi connectivity index (χ0n) is 15.1. The lowest BCUT2D eigenvalue weighted by Gasteiger charge is -2.13. The fourth-order valence-corrected chi connectivity index (χ4v) is 2.19. The number of oxazole rings is 1. The van der Waals surface area contributed by atoms with Crippen LogP contribution < -0.4 is 15.4 Å². The van der Waals surface area contributed by atoms with E-state index in [0.717, 1.165) is 11.5 Å². The number of ether oxygens (including phenoxy) is 1. The Hall–Kier alpha value is -2.21. The first kappa shape index (κ1) is 19.1. The number of nitrogens with zero attached hydrogens (tertiary/aromatic N) is 2. The molecule has 7 heteroatoms. The maximum Gasteiger partial charge on any atom is 0.213 e. The molecule has 0 aliphatic carbocycles. The van der Waals surface area contributed by atoms with Gasteiger partial charge in [-0.3, -0.25) is 4.99 Å². The van der Waals surface area contributed by atoms with Gasteiger partial charge in [0.15, 0.2) is 5.96 Å². The Kier molecular flexibility index (Phi) is 6.70. The van der Waals surface area contributed by atoms with Crippen LogP contribution in [0, 0.1) is 0 Å². The number of aromatic nitrogens is 1. The van der Waals surface area contributed by atoms with Crippen LogP contribution >= 0.6 is 11.6 Å². The molecule has 0 aliphatic rings. The Labute approximate surface area is 153 Å². The molecule has 1 aromatic heterocycles. The number of benzene rings is 1. The Morgan fingerprint density at radius 1 is 1.32 bits per heavy atom. The number of nitrogens with one attached hydrogen (secondary N) is 2. The van der Waals surface area contributed by atoms with Crippen molar-refractivity contribution in [3.8, 4) is 5.75 Å². The molecule has 25 heavy (non-hydrogen) atoms. The predicted octanol–water partition coefficient (Wildman–Crippen LogP) is 3.37. The van der Waals surface area contributed by atoms with E-state index in [4.69, 9.17) is 20.8 Å². The molecule has 0 amide bonds. The summed E-state index contributed by atoms with van der Waals surface area (Å²) in [5.74, 6) is 2.89. The van der Waals surface area contributed by atoms with E-state index in [9.17, 15) is 0 Å². The molecule has 1 heterocycles. The number of guanidine groups is 1. The number of halogens is 1. The molecule has 6 nitrogen and oxygen atoms in total. The van der Waals surface area contributed by atoms with Crippen LogP contribution in [0.2, 0.25) is 5.02 Å². The monoisotopic (exact) mass is 364 g/mol. The number of hydrogen-bond acceptors (Lipinski definition) is 4. The van der Waals surface area contributed by atoms with E-state index < -0.39 is 0 Å². The number of aliphatic imine (C=N–C) groups is 1. The van der Waals surface area contributed by atoms with Crippen molar-refractivity contribution < 1.29 is 9.15 Å². The van der Waals surface area contributed by atoms with Crippen molar-refractivity contribution in [1.29, 1.82) is 0 Å². The summed E-state index contributed by atoms with van der Waals surface area (Å²) in [6.45, 7) is 7.82. The van der Waals surface area contributed by atoms with Crippen molar-refractivity contribution in [3.63, 3.8) is 0 Å². The molecule has 0 unspecified atom stereocenters. The Morgan fingerprint density at radius 2 is 2.12 bits per heavy atom. The third kappa shape index (κ3) is 6.31. The largest absolute Gasteiger partial charge is 0.492 e. The van der Waals surface area contributed by atoms with E-state index in [-0.39, 0.29) is 5.41 Å². The maximum absolute atomic E-state index is 5.92. The predicted molar refractivity (Wildman–Crippen MR) is 100 cm³/mol. The minimum Gasteiger partial charge on any atom is -0.492 e. The van der Waals surface area contributed by atoms with Gasteiger partial charge in [0.2, 0.25) is 5.89 Å². The Morgan fingerprint density at radius 3 is 2.76 bits per heavy atom. The van der Waals surface area contributed by atoms with Gasteiger partial charge in [-0.25, -0.2) is 4.98 Å². The highest BCUT2D eigenvalue weighted by atomic mass is 35.5. The molecule has 0 spiro atoms. The first-order chi connectivity index (χ1) is 11.9. The fraction of sp³-hybridized carbons (Fsp3) is 0.444. The highest BCUT2D eigenvalue weighted by molar-refractivity contribution is 6.30. The van der Waals surface area contributed by atoms with Gasteiger partial charge in [-0.15, -0.1) is 0 Å². The van der Waals surface area contributed by atoms with Crippen LogP contribution in [0.4, 0.5) is 0 Å². The van der Waals surface area contributed by atoms with E-state index in [1.807, 2.05) is 18.2 Å². The highest BCUT2D eigenvalue weighted by Crippen LogP contribution is 2.22. The maximum atomic E-state index is 5.92. The van der Waals surface area contributed by atoms with E-state index in [2.05, 4.69) is 41.4 Å². The summed E-state index contributed by atoms with van der Waals surface area (Å²) < 4.78 is 11.4. The molecule has 1 aromatic carbocycles. The lowest BCUT2D eigenvalue weighted by Crippen LogP contribution is -2.38. The molecule has 136 valence electrons. The highest BCUT2D eigenvalue weighted by Gasteiger charge is 2.19. The zero-order chi connectivity index (χ0) is 18.3.